The molecule has 0 spiro atoms. The molecule has 1 N–H and O–H groups in total. The second-order valence-electron chi connectivity index (χ2n) is 5.18. The summed E-state index contributed by atoms with van der Waals surface area (Å²) in [6.45, 7) is 4.01. The molecule has 1 heterocycles. The molecule has 4 nitrogen and oxygen atoms in total. The zero-order valence-electron chi connectivity index (χ0n) is 12.6. The number of amides is 1. The first-order chi connectivity index (χ1) is 10.3. The van der Waals surface area contributed by atoms with Crippen molar-refractivity contribution in [1.29, 1.82) is 0 Å². The predicted molar refractivity (Wildman–Crippen MR) is 82.2 cm³/mol. The van der Waals surface area contributed by atoms with E-state index in [1.807, 2.05) is 30.3 Å². The van der Waals surface area contributed by atoms with Gasteiger partial charge in [0, 0.05) is 6.54 Å². The van der Waals surface area contributed by atoms with Crippen molar-refractivity contribution in [2.24, 2.45) is 0 Å². The fourth-order valence-electron chi connectivity index (χ4n) is 2.06. The summed E-state index contributed by atoms with van der Waals surface area (Å²) < 4.78 is 10.9. The minimum atomic E-state index is -0.103. The van der Waals surface area contributed by atoms with Crippen molar-refractivity contribution < 1.29 is 14.3 Å². The van der Waals surface area contributed by atoms with Crippen LogP contribution in [-0.4, -0.2) is 25.7 Å². The molecule has 0 saturated carbocycles. The molecule has 1 aromatic carbocycles. The molecule has 1 amide bonds. The molecular weight excluding hydrogens is 266 g/mol. The number of unbranched alkanes of at least 4 members (excludes halogenated alkanes) is 1. The summed E-state index contributed by atoms with van der Waals surface area (Å²) in [6.07, 6.45) is 5.58. The van der Waals surface area contributed by atoms with E-state index in [1.165, 1.54) is 5.56 Å². The summed E-state index contributed by atoms with van der Waals surface area (Å²) in [7, 11) is 0. The number of ether oxygens (including phenoxy) is 2. The molecule has 1 aliphatic rings. The monoisotopic (exact) mass is 289 g/mol. The second kappa shape index (κ2) is 8.35. The Balaban J connectivity index is 1.54. The maximum atomic E-state index is 11.7. The average Bonchev–Trinajstić information content (AvgIpc) is 2.53. The maximum Gasteiger partial charge on any atom is 0.286 e. The number of aryl methyl sites for hydroxylation is 1. The summed E-state index contributed by atoms with van der Waals surface area (Å²) >= 11 is 0. The van der Waals surface area contributed by atoms with Crippen LogP contribution in [0.1, 0.15) is 31.2 Å². The van der Waals surface area contributed by atoms with Crippen molar-refractivity contribution in [2.45, 2.75) is 32.6 Å². The number of carbonyl (C=O) groups excluding carboxylic acids is 1. The van der Waals surface area contributed by atoms with Crippen LogP contribution in [0.5, 0.6) is 5.75 Å². The van der Waals surface area contributed by atoms with Crippen molar-refractivity contribution in [3.05, 3.63) is 41.7 Å². The average molecular weight is 289 g/mol. The molecule has 0 fully saturated rings. The molecule has 21 heavy (non-hydrogen) atoms. The van der Waals surface area contributed by atoms with Crippen LogP contribution in [-0.2, 0) is 9.53 Å². The van der Waals surface area contributed by atoms with E-state index in [1.54, 1.807) is 0 Å². The topological polar surface area (TPSA) is 47.6 Å². The lowest BCUT2D eigenvalue weighted by atomic mass is 10.2. The number of rotatable bonds is 7. The van der Waals surface area contributed by atoms with Crippen LogP contribution in [0.2, 0.25) is 0 Å². The number of carbonyl (C=O) groups is 1. The van der Waals surface area contributed by atoms with E-state index in [4.69, 9.17) is 9.47 Å². The van der Waals surface area contributed by atoms with E-state index in [-0.39, 0.29) is 5.91 Å². The SMILES string of the molecule is Cc1ccc(OCCCCNC(=O)C2=CCCCO2)cc1. The van der Waals surface area contributed by atoms with Crippen LogP contribution in [0.4, 0.5) is 0 Å². The van der Waals surface area contributed by atoms with Gasteiger partial charge in [-0.3, -0.25) is 4.79 Å². The van der Waals surface area contributed by atoms with E-state index in [9.17, 15) is 4.79 Å². The van der Waals surface area contributed by atoms with Gasteiger partial charge >= 0.3 is 0 Å². The molecule has 0 atom stereocenters. The van der Waals surface area contributed by atoms with Gasteiger partial charge in [0.15, 0.2) is 5.76 Å². The van der Waals surface area contributed by atoms with Gasteiger partial charge < -0.3 is 14.8 Å². The van der Waals surface area contributed by atoms with Crippen LogP contribution in [0, 0.1) is 6.92 Å². The number of hydrogen-bond acceptors (Lipinski definition) is 3. The zero-order chi connectivity index (χ0) is 14.9. The Labute approximate surface area is 126 Å². The first-order valence-electron chi connectivity index (χ1n) is 7.56. The van der Waals surface area contributed by atoms with Gasteiger partial charge in [-0.1, -0.05) is 17.7 Å². The molecule has 0 bridgehead atoms. The Morgan fingerprint density at radius 2 is 2.10 bits per heavy atom. The first kappa shape index (κ1) is 15.4. The molecule has 0 aromatic heterocycles. The van der Waals surface area contributed by atoms with Gasteiger partial charge in [0.05, 0.1) is 13.2 Å². The molecule has 0 unspecified atom stereocenters. The largest absolute Gasteiger partial charge is 0.494 e. The number of nitrogens with one attached hydrogen (secondary N) is 1. The number of allylic oxidation sites excluding steroid dienone is 1. The normalized spacial score (nSPS) is 14.0. The lowest BCUT2D eigenvalue weighted by Crippen LogP contribution is -2.28. The van der Waals surface area contributed by atoms with Gasteiger partial charge in [0.25, 0.3) is 5.91 Å². The zero-order valence-corrected chi connectivity index (χ0v) is 12.6. The molecule has 1 aliphatic heterocycles. The molecule has 0 radical (unpaired) electrons. The minimum absolute atomic E-state index is 0.103. The number of benzene rings is 1. The van der Waals surface area contributed by atoms with Crippen molar-refractivity contribution in [3.8, 4) is 5.75 Å². The third kappa shape index (κ3) is 5.50. The summed E-state index contributed by atoms with van der Waals surface area (Å²) in [5.41, 5.74) is 1.23. The first-order valence-corrected chi connectivity index (χ1v) is 7.56. The molecule has 2 rings (SSSR count). The van der Waals surface area contributed by atoms with E-state index in [2.05, 4.69) is 12.2 Å². The Morgan fingerprint density at radius 3 is 2.81 bits per heavy atom. The van der Waals surface area contributed by atoms with Crippen LogP contribution < -0.4 is 10.1 Å². The summed E-state index contributed by atoms with van der Waals surface area (Å²) in [5.74, 6) is 1.26. The highest BCUT2D eigenvalue weighted by molar-refractivity contribution is 5.91. The van der Waals surface area contributed by atoms with E-state index in [0.717, 1.165) is 31.4 Å². The molecular formula is C17H23NO3. The summed E-state index contributed by atoms with van der Waals surface area (Å²) in [6, 6.07) is 8.02. The highest BCUT2D eigenvalue weighted by Gasteiger charge is 2.12. The smallest absolute Gasteiger partial charge is 0.286 e. The maximum absolute atomic E-state index is 11.7. The van der Waals surface area contributed by atoms with E-state index in [0.29, 0.717) is 25.5 Å². The summed E-state index contributed by atoms with van der Waals surface area (Å²) in [4.78, 5) is 11.7. The molecule has 0 saturated heterocycles. The van der Waals surface area contributed by atoms with Crippen molar-refractivity contribution in [1.82, 2.24) is 5.32 Å². The quantitative estimate of drug-likeness (QED) is 0.785. The van der Waals surface area contributed by atoms with Crippen molar-refractivity contribution in [2.75, 3.05) is 19.8 Å². The predicted octanol–water partition coefficient (Wildman–Crippen LogP) is 2.96. The van der Waals surface area contributed by atoms with Crippen molar-refractivity contribution >= 4 is 5.91 Å². The van der Waals surface area contributed by atoms with Crippen LogP contribution in [0.3, 0.4) is 0 Å². The fourth-order valence-corrected chi connectivity index (χ4v) is 2.06. The highest BCUT2D eigenvalue weighted by Crippen LogP contribution is 2.12. The van der Waals surface area contributed by atoms with E-state index >= 15 is 0 Å². The molecule has 1 aromatic rings. The fraction of sp³-hybridized carbons (Fsp3) is 0.471. The Morgan fingerprint density at radius 1 is 1.29 bits per heavy atom. The van der Waals surface area contributed by atoms with Gasteiger partial charge in [-0.2, -0.15) is 0 Å². The number of hydrogen-bond donors (Lipinski definition) is 1. The molecule has 4 heteroatoms. The van der Waals surface area contributed by atoms with Gasteiger partial charge in [0.2, 0.25) is 0 Å². The van der Waals surface area contributed by atoms with Gasteiger partial charge in [0.1, 0.15) is 5.75 Å². The summed E-state index contributed by atoms with van der Waals surface area (Å²) in [5, 5.41) is 2.87. The van der Waals surface area contributed by atoms with Gasteiger partial charge in [-0.05, 0) is 50.8 Å². The van der Waals surface area contributed by atoms with Crippen LogP contribution in [0.15, 0.2) is 36.1 Å². The lowest BCUT2D eigenvalue weighted by Gasteiger charge is -2.14. The Bertz CT molecular complexity index is 479. The van der Waals surface area contributed by atoms with Crippen molar-refractivity contribution in [3.63, 3.8) is 0 Å². The third-order valence-electron chi connectivity index (χ3n) is 3.31. The van der Waals surface area contributed by atoms with E-state index < -0.39 is 0 Å². The minimum Gasteiger partial charge on any atom is -0.494 e. The van der Waals surface area contributed by atoms with Crippen LogP contribution >= 0.6 is 0 Å². The molecule has 114 valence electrons. The lowest BCUT2D eigenvalue weighted by molar-refractivity contribution is -0.121. The van der Waals surface area contributed by atoms with Crippen LogP contribution in [0.25, 0.3) is 0 Å². The highest BCUT2D eigenvalue weighted by atomic mass is 16.5. The third-order valence-corrected chi connectivity index (χ3v) is 3.31. The Kier molecular flexibility index (Phi) is 6.13. The molecule has 0 aliphatic carbocycles. The van der Waals surface area contributed by atoms with Gasteiger partial charge in [-0.25, -0.2) is 0 Å². The Hall–Kier alpha value is -1.97. The standard InChI is InChI=1S/C17H23NO3/c1-14-7-9-15(10-8-14)20-12-5-3-11-18-17(19)16-6-2-4-13-21-16/h6-10H,2-5,11-13H2,1H3,(H,18,19). The second-order valence-corrected chi connectivity index (χ2v) is 5.18. The van der Waals surface area contributed by atoms with Gasteiger partial charge in [-0.15, -0.1) is 0 Å².